The van der Waals surface area contributed by atoms with Gasteiger partial charge in [-0.3, -0.25) is 13.9 Å². The Kier molecular flexibility index (Phi) is 7.38. The molecule has 0 aliphatic heterocycles. The van der Waals surface area contributed by atoms with Crippen molar-refractivity contribution in [1.82, 2.24) is 28.1 Å². The van der Waals surface area contributed by atoms with Crippen molar-refractivity contribution in [3.8, 4) is 11.4 Å². The van der Waals surface area contributed by atoms with Crippen LogP contribution >= 0.6 is 0 Å². The number of nitrogens with zero attached hydrogens (tertiary/aromatic N) is 8. The smallest absolute Gasteiger partial charge is 0.294 e. The van der Waals surface area contributed by atoms with Crippen LogP contribution in [0.3, 0.4) is 0 Å². The Labute approximate surface area is 339 Å². The van der Waals surface area contributed by atoms with Crippen molar-refractivity contribution < 1.29 is 30.7 Å². The number of carbonyl (C=O) groups excluding carboxylic acids is 1. The molecule has 4 aromatic heterocycles. The highest BCUT2D eigenvalue weighted by Crippen LogP contribution is 2.37. The van der Waals surface area contributed by atoms with Crippen LogP contribution in [0.2, 0.25) is 0 Å². The molecule has 4 heterocycles. The Hall–Kier alpha value is -7.31. The van der Waals surface area contributed by atoms with Gasteiger partial charge in [-0.15, -0.1) is 23.3 Å². The van der Waals surface area contributed by atoms with Crippen LogP contribution in [0.4, 0.5) is 11.4 Å². The van der Waals surface area contributed by atoms with E-state index in [0.29, 0.717) is 39.3 Å². The Balaban J connectivity index is 0.842. The molecule has 60 heavy (non-hydrogen) atoms. The summed E-state index contributed by atoms with van der Waals surface area (Å²) in [4.78, 5) is 16.3. The highest BCUT2D eigenvalue weighted by Gasteiger charge is 2.30. The van der Waals surface area contributed by atoms with Crippen molar-refractivity contribution >= 4 is 93.2 Å². The Morgan fingerprint density at radius 1 is 0.633 bits per heavy atom. The second kappa shape index (κ2) is 12.4. The highest BCUT2D eigenvalue weighted by molar-refractivity contribution is 7.86. The van der Waals surface area contributed by atoms with Gasteiger partial charge in [0.15, 0.2) is 5.78 Å². The van der Waals surface area contributed by atoms with Crippen molar-refractivity contribution in [2.24, 2.45) is 10.2 Å². The first kappa shape index (κ1) is 35.8. The van der Waals surface area contributed by atoms with Gasteiger partial charge in [0.1, 0.15) is 27.0 Å². The van der Waals surface area contributed by atoms with E-state index >= 15 is 0 Å². The number of carbonyl (C=O) groups is 1. The SMILES string of the molecule is CC(=O)c1cc(N=Nc2ccc(C=Cc3ccc(-n4n5c6ccc7ccccc7c6n45)cc3S(=O)(=O)O)cc2)c(C)cc1-n1n2c3ccc4cc(S(=O)(=O)O)ccc4c3n12. The maximum Gasteiger partial charge on any atom is 0.295 e. The Morgan fingerprint density at radius 2 is 1.32 bits per heavy atom. The van der Waals surface area contributed by atoms with Gasteiger partial charge in [-0.2, -0.15) is 31.9 Å². The summed E-state index contributed by atoms with van der Waals surface area (Å²) in [6, 6.07) is 35.8. The van der Waals surface area contributed by atoms with E-state index in [1.807, 2.05) is 95.7 Å². The fourth-order valence-corrected chi connectivity index (χ4v) is 9.22. The summed E-state index contributed by atoms with van der Waals surface area (Å²) in [6.45, 7) is 3.36. The van der Waals surface area contributed by atoms with E-state index in [0.717, 1.165) is 49.4 Å². The van der Waals surface area contributed by atoms with Crippen LogP contribution < -0.4 is 0 Å². The number of rotatable bonds is 9. The molecule has 0 saturated carbocycles. The third kappa shape index (κ3) is 5.44. The van der Waals surface area contributed by atoms with Gasteiger partial charge in [-0.1, -0.05) is 72.8 Å². The number of aryl methyl sites for hydroxylation is 1. The average Bonchev–Trinajstić information content (AvgIpc) is 4.08. The number of hydrogen-bond acceptors (Lipinski definition) is 7. The second-order valence-corrected chi connectivity index (χ2v) is 17.5. The van der Waals surface area contributed by atoms with Crippen LogP contribution in [0.5, 0.6) is 0 Å². The van der Waals surface area contributed by atoms with Crippen molar-refractivity contribution in [1.29, 1.82) is 0 Å². The van der Waals surface area contributed by atoms with Crippen LogP contribution in [0.25, 0.3) is 67.1 Å². The molecule has 17 heteroatoms. The van der Waals surface area contributed by atoms with Gasteiger partial charge in [0.25, 0.3) is 20.2 Å². The molecule has 0 bridgehead atoms. The van der Waals surface area contributed by atoms with Crippen molar-refractivity contribution in [2.45, 2.75) is 23.6 Å². The zero-order valence-corrected chi connectivity index (χ0v) is 33.2. The van der Waals surface area contributed by atoms with Gasteiger partial charge in [0.2, 0.25) is 0 Å². The average molecular weight is 835 g/mol. The third-order valence-corrected chi connectivity index (χ3v) is 12.8. The van der Waals surface area contributed by atoms with E-state index < -0.39 is 20.2 Å². The fraction of sp³-hybridized carbons (Fsp3) is 0.0465. The minimum atomic E-state index is -4.56. The number of aromatic nitrogens is 6. The van der Waals surface area contributed by atoms with E-state index in [4.69, 9.17) is 0 Å². The van der Waals surface area contributed by atoms with Gasteiger partial charge in [-0.25, -0.2) is 0 Å². The predicted octanol–water partition coefficient (Wildman–Crippen LogP) is 9.05. The van der Waals surface area contributed by atoms with Crippen LogP contribution in [-0.4, -0.2) is 59.8 Å². The van der Waals surface area contributed by atoms with Gasteiger partial charge in [0.05, 0.1) is 27.6 Å². The molecule has 11 aromatic rings. The summed E-state index contributed by atoms with van der Waals surface area (Å²) in [5, 5.41) is 12.5. The topological polar surface area (TPSA) is 178 Å². The summed E-state index contributed by atoms with van der Waals surface area (Å²) in [5.74, 6) is -0.170. The summed E-state index contributed by atoms with van der Waals surface area (Å²) in [6.07, 6.45) is 3.38. The quantitative estimate of drug-likeness (QED) is 0.0630. The zero-order chi connectivity index (χ0) is 41.4. The third-order valence-electron chi connectivity index (χ3n) is 11.0. The molecule has 7 aromatic carbocycles. The molecule has 0 radical (unpaired) electrons. The first-order valence-corrected chi connectivity index (χ1v) is 21.5. The standard InChI is InChI=1S/C43H30N8O7S2/c1-25-21-40(49-48-39-20-13-30-22-33(59(53,54)55)17-18-35(30)43(39)51(48)49)36(26(2)52)24-37(25)45-44-31-14-8-27(9-15-31)7-10-29-11-16-32(23-41(29)60(56,57)58)46-47-38-19-12-28-5-3-4-6-34(28)42(38)50(46)47/h3-24H,1-2H3,(H,53,54,55)(H,56,57,58). The largest absolute Gasteiger partial charge is 0.295 e. The van der Waals surface area contributed by atoms with Crippen molar-refractivity contribution in [3.63, 3.8) is 0 Å². The van der Waals surface area contributed by atoms with Gasteiger partial charge >= 0.3 is 0 Å². The van der Waals surface area contributed by atoms with Crippen LogP contribution in [0.1, 0.15) is 34.0 Å². The van der Waals surface area contributed by atoms with Crippen LogP contribution in [0, 0.1) is 6.92 Å². The van der Waals surface area contributed by atoms with E-state index in [-0.39, 0.29) is 15.6 Å². The predicted molar refractivity (Wildman–Crippen MR) is 227 cm³/mol. The number of fused-ring (bicyclic) bond motifs is 12. The second-order valence-electron chi connectivity index (χ2n) is 14.7. The van der Waals surface area contributed by atoms with Crippen LogP contribution in [-0.2, 0) is 20.2 Å². The molecule has 0 fully saturated rings. The number of ketones is 1. The Morgan fingerprint density at radius 3 is 2.03 bits per heavy atom. The lowest BCUT2D eigenvalue weighted by Crippen LogP contribution is -2.02. The Bertz CT molecular complexity index is 3870. The lowest BCUT2D eigenvalue weighted by molar-refractivity contribution is 0.101. The number of Topliss-reactive ketones (excluding diaryl/α,β-unsaturated/α-hetero) is 1. The summed E-state index contributed by atoms with van der Waals surface area (Å²) < 4.78 is 75.9. The molecule has 0 atom stereocenters. The first-order chi connectivity index (χ1) is 28.8. The normalized spacial score (nSPS) is 13.2. The molecule has 11 rings (SSSR count). The van der Waals surface area contributed by atoms with E-state index in [9.17, 15) is 30.7 Å². The summed E-state index contributed by atoms with van der Waals surface area (Å²) in [5.41, 5.74) is 8.34. The van der Waals surface area contributed by atoms with Crippen LogP contribution in [0.15, 0.2) is 141 Å². The minimum absolute atomic E-state index is 0.170. The minimum Gasteiger partial charge on any atom is -0.294 e. The number of hydrogen-bond donors (Lipinski definition) is 2. The molecular weight excluding hydrogens is 805 g/mol. The number of azo groups is 1. The maximum atomic E-state index is 12.9. The maximum absolute atomic E-state index is 12.9. The van der Waals surface area contributed by atoms with Crippen molar-refractivity contribution in [2.75, 3.05) is 0 Å². The van der Waals surface area contributed by atoms with E-state index in [2.05, 4.69) is 10.2 Å². The lowest BCUT2D eigenvalue weighted by atomic mass is 10.0. The molecule has 0 aliphatic rings. The molecule has 15 nitrogen and oxygen atoms in total. The molecule has 0 unspecified atom stereocenters. The molecular formula is C43H30N8O7S2. The molecule has 0 amide bonds. The molecule has 2 N–H and O–H groups in total. The molecule has 0 aliphatic carbocycles. The van der Waals surface area contributed by atoms with Gasteiger partial charge < -0.3 is 0 Å². The lowest BCUT2D eigenvalue weighted by Gasteiger charge is -2.07. The first-order valence-electron chi connectivity index (χ1n) is 18.6. The van der Waals surface area contributed by atoms with Crippen molar-refractivity contribution in [3.05, 3.63) is 144 Å². The van der Waals surface area contributed by atoms with Gasteiger partial charge in [0, 0.05) is 16.3 Å². The zero-order valence-electron chi connectivity index (χ0n) is 31.5. The van der Waals surface area contributed by atoms with E-state index in [1.54, 1.807) is 54.6 Å². The summed E-state index contributed by atoms with van der Waals surface area (Å²) >= 11 is 0. The molecule has 296 valence electrons. The highest BCUT2D eigenvalue weighted by atomic mass is 32.2. The fourth-order valence-electron chi connectivity index (χ4n) is 8.00. The molecule has 0 spiro atoms. The monoisotopic (exact) mass is 834 g/mol. The number of benzene rings is 7. The van der Waals surface area contributed by atoms with E-state index in [1.165, 1.54) is 25.1 Å². The van der Waals surface area contributed by atoms with Gasteiger partial charge in [-0.05, 0) is 102 Å². The molecule has 0 saturated heterocycles. The summed E-state index contributed by atoms with van der Waals surface area (Å²) in [7, 11) is -8.92.